The van der Waals surface area contributed by atoms with E-state index >= 15 is 0 Å². The maximum Gasteiger partial charge on any atom is 0.287 e. The number of carbonyl (C=O) groups excluding carboxylic acids is 1. The second-order valence-electron chi connectivity index (χ2n) is 5.99. The zero-order valence-corrected chi connectivity index (χ0v) is 14.5. The predicted octanol–water partition coefficient (Wildman–Crippen LogP) is 3.95. The number of nitrogens with one attached hydrogen (secondary N) is 1. The summed E-state index contributed by atoms with van der Waals surface area (Å²) in [5.74, 6) is 1.35. The van der Waals surface area contributed by atoms with Crippen molar-refractivity contribution in [1.82, 2.24) is 5.32 Å². The number of amides is 1. The largest absolute Gasteiger partial charge is 0.493 e. The van der Waals surface area contributed by atoms with Crippen LogP contribution >= 0.6 is 0 Å². The van der Waals surface area contributed by atoms with E-state index in [-0.39, 0.29) is 17.7 Å². The minimum absolute atomic E-state index is 0.163. The average molecular weight is 339 g/mol. The van der Waals surface area contributed by atoms with Gasteiger partial charge < -0.3 is 19.2 Å². The van der Waals surface area contributed by atoms with Gasteiger partial charge in [-0.15, -0.1) is 0 Å². The molecule has 5 nitrogen and oxygen atoms in total. The highest BCUT2D eigenvalue weighted by Crippen LogP contribution is 2.28. The van der Waals surface area contributed by atoms with Crippen LogP contribution in [0.1, 0.15) is 23.0 Å². The number of rotatable bonds is 6. The molecule has 0 saturated heterocycles. The van der Waals surface area contributed by atoms with Crippen LogP contribution in [-0.4, -0.2) is 25.7 Å². The van der Waals surface area contributed by atoms with E-state index in [0.717, 1.165) is 11.1 Å². The molecule has 1 amide bonds. The second-order valence-corrected chi connectivity index (χ2v) is 5.99. The van der Waals surface area contributed by atoms with Crippen LogP contribution in [0.2, 0.25) is 0 Å². The lowest BCUT2D eigenvalue weighted by Crippen LogP contribution is -2.36. The highest BCUT2D eigenvalue weighted by molar-refractivity contribution is 5.97. The quantitative estimate of drug-likeness (QED) is 0.739. The van der Waals surface area contributed by atoms with E-state index in [1.807, 2.05) is 50.2 Å². The van der Waals surface area contributed by atoms with E-state index in [9.17, 15) is 4.79 Å². The van der Waals surface area contributed by atoms with Crippen molar-refractivity contribution >= 4 is 16.9 Å². The SMILES string of the molecule is COc1cccc2cc(C(=O)N[C@@H](C)COc3ccc(C)cc3)oc12. The lowest BCUT2D eigenvalue weighted by molar-refractivity contribution is 0.0900. The van der Waals surface area contributed by atoms with Crippen molar-refractivity contribution in [2.24, 2.45) is 0 Å². The number of fused-ring (bicyclic) bond motifs is 1. The van der Waals surface area contributed by atoms with E-state index < -0.39 is 0 Å². The summed E-state index contributed by atoms with van der Waals surface area (Å²) in [4.78, 5) is 12.4. The molecule has 0 fully saturated rings. The molecule has 0 spiro atoms. The number of carbonyl (C=O) groups is 1. The zero-order valence-electron chi connectivity index (χ0n) is 14.5. The van der Waals surface area contributed by atoms with Crippen molar-refractivity contribution in [3.8, 4) is 11.5 Å². The number of furan rings is 1. The van der Waals surface area contributed by atoms with Gasteiger partial charge in [0.1, 0.15) is 12.4 Å². The number of methoxy groups -OCH3 is 1. The first-order valence-corrected chi connectivity index (χ1v) is 8.13. The molecule has 5 heteroatoms. The van der Waals surface area contributed by atoms with Crippen LogP contribution in [0.5, 0.6) is 11.5 Å². The minimum Gasteiger partial charge on any atom is -0.493 e. The Morgan fingerprint density at radius 3 is 2.68 bits per heavy atom. The number of hydrogen-bond acceptors (Lipinski definition) is 4. The molecule has 3 rings (SSSR count). The van der Waals surface area contributed by atoms with Crippen molar-refractivity contribution in [1.29, 1.82) is 0 Å². The van der Waals surface area contributed by atoms with Crippen LogP contribution in [0.15, 0.2) is 52.9 Å². The maximum absolute atomic E-state index is 12.4. The third kappa shape index (κ3) is 3.94. The summed E-state index contributed by atoms with van der Waals surface area (Å²) in [6, 6.07) is 14.9. The van der Waals surface area contributed by atoms with Gasteiger partial charge in [0.25, 0.3) is 5.91 Å². The van der Waals surface area contributed by atoms with Crippen molar-refractivity contribution < 1.29 is 18.7 Å². The van der Waals surface area contributed by atoms with Gasteiger partial charge in [0, 0.05) is 5.39 Å². The standard InChI is InChI=1S/C20H21NO4/c1-13-7-9-16(10-8-13)24-12-14(2)21-20(22)18-11-15-5-4-6-17(23-3)19(15)25-18/h4-11,14H,12H2,1-3H3,(H,21,22)/t14-/m0/s1. The molecule has 1 aromatic heterocycles. The van der Waals surface area contributed by atoms with Crippen molar-refractivity contribution in [2.75, 3.05) is 13.7 Å². The van der Waals surface area contributed by atoms with Gasteiger partial charge in [-0.25, -0.2) is 0 Å². The number of benzene rings is 2. The molecular formula is C20H21NO4. The van der Waals surface area contributed by atoms with Crippen molar-refractivity contribution in [3.63, 3.8) is 0 Å². The number of aryl methyl sites for hydroxylation is 1. The van der Waals surface area contributed by atoms with Crippen molar-refractivity contribution in [2.45, 2.75) is 19.9 Å². The summed E-state index contributed by atoms with van der Waals surface area (Å²) in [5.41, 5.74) is 1.74. The normalized spacial score (nSPS) is 12.0. The Bertz CT molecular complexity index is 867. The molecule has 0 aliphatic carbocycles. The Morgan fingerprint density at radius 2 is 1.96 bits per heavy atom. The molecule has 0 bridgehead atoms. The summed E-state index contributed by atoms with van der Waals surface area (Å²) in [7, 11) is 1.57. The number of hydrogen-bond donors (Lipinski definition) is 1. The number of ether oxygens (including phenoxy) is 2. The minimum atomic E-state index is -0.279. The molecule has 25 heavy (non-hydrogen) atoms. The van der Waals surface area contributed by atoms with E-state index in [1.165, 1.54) is 5.56 Å². The first-order valence-electron chi connectivity index (χ1n) is 8.13. The highest BCUT2D eigenvalue weighted by Gasteiger charge is 2.16. The van der Waals surface area contributed by atoms with Crippen molar-refractivity contribution in [3.05, 3.63) is 59.9 Å². The molecule has 3 aromatic rings. The fraction of sp³-hybridized carbons (Fsp3) is 0.250. The molecule has 130 valence electrons. The topological polar surface area (TPSA) is 60.7 Å². The molecule has 1 heterocycles. The van der Waals surface area contributed by atoms with E-state index in [4.69, 9.17) is 13.9 Å². The van der Waals surface area contributed by atoms with E-state index in [1.54, 1.807) is 19.2 Å². The fourth-order valence-corrected chi connectivity index (χ4v) is 2.50. The fourth-order valence-electron chi connectivity index (χ4n) is 2.50. The lowest BCUT2D eigenvalue weighted by atomic mass is 10.2. The van der Waals surface area contributed by atoms with Gasteiger partial charge in [-0.2, -0.15) is 0 Å². The second kappa shape index (κ2) is 7.30. The Labute approximate surface area is 146 Å². The molecular weight excluding hydrogens is 318 g/mol. The smallest absolute Gasteiger partial charge is 0.287 e. The van der Waals surface area contributed by atoms with Crippen LogP contribution in [0.25, 0.3) is 11.0 Å². The van der Waals surface area contributed by atoms with Crippen LogP contribution in [0.3, 0.4) is 0 Å². The first-order chi connectivity index (χ1) is 12.1. The monoisotopic (exact) mass is 339 g/mol. The summed E-state index contributed by atoms with van der Waals surface area (Å²) in [6.07, 6.45) is 0. The molecule has 1 atom stereocenters. The van der Waals surface area contributed by atoms with Gasteiger partial charge >= 0.3 is 0 Å². The Balaban J connectivity index is 1.62. The summed E-state index contributed by atoms with van der Waals surface area (Å²) < 4.78 is 16.6. The molecule has 0 aliphatic heterocycles. The lowest BCUT2D eigenvalue weighted by Gasteiger charge is -2.14. The van der Waals surface area contributed by atoms with Crippen LogP contribution in [0, 0.1) is 6.92 Å². The van der Waals surface area contributed by atoms with Crippen LogP contribution in [-0.2, 0) is 0 Å². The highest BCUT2D eigenvalue weighted by atomic mass is 16.5. The van der Waals surface area contributed by atoms with Crippen LogP contribution < -0.4 is 14.8 Å². The average Bonchev–Trinajstić information content (AvgIpc) is 3.05. The van der Waals surface area contributed by atoms with E-state index in [2.05, 4.69) is 5.32 Å². The zero-order chi connectivity index (χ0) is 17.8. The Kier molecular flexibility index (Phi) is 4.93. The van der Waals surface area contributed by atoms with Crippen LogP contribution in [0.4, 0.5) is 0 Å². The van der Waals surface area contributed by atoms with Gasteiger partial charge in [0.15, 0.2) is 17.1 Å². The van der Waals surface area contributed by atoms with Gasteiger partial charge in [-0.1, -0.05) is 29.8 Å². The maximum atomic E-state index is 12.4. The number of para-hydroxylation sites is 1. The first kappa shape index (κ1) is 16.9. The molecule has 1 N–H and O–H groups in total. The van der Waals surface area contributed by atoms with Gasteiger partial charge in [-0.3, -0.25) is 4.79 Å². The van der Waals surface area contributed by atoms with Gasteiger partial charge in [0.2, 0.25) is 0 Å². The molecule has 0 aliphatic rings. The molecule has 0 saturated carbocycles. The predicted molar refractivity (Wildman–Crippen MR) is 96.4 cm³/mol. The van der Waals surface area contributed by atoms with E-state index in [0.29, 0.717) is 17.9 Å². The Hall–Kier alpha value is -2.95. The third-order valence-corrected chi connectivity index (χ3v) is 3.85. The molecule has 0 radical (unpaired) electrons. The summed E-state index contributed by atoms with van der Waals surface area (Å²) in [6.45, 7) is 4.28. The molecule has 2 aromatic carbocycles. The summed E-state index contributed by atoms with van der Waals surface area (Å²) >= 11 is 0. The third-order valence-electron chi connectivity index (χ3n) is 3.85. The van der Waals surface area contributed by atoms with Gasteiger partial charge in [-0.05, 0) is 38.1 Å². The molecule has 0 unspecified atom stereocenters. The Morgan fingerprint density at radius 1 is 1.20 bits per heavy atom. The summed E-state index contributed by atoms with van der Waals surface area (Å²) in [5, 5.41) is 3.70. The van der Waals surface area contributed by atoms with Gasteiger partial charge in [0.05, 0.1) is 13.2 Å².